The second-order valence-corrected chi connectivity index (χ2v) is 11.7. The summed E-state index contributed by atoms with van der Waals surface area (Å²) in [4.78, 5) is 0. The van der Waals surface area contributed by atoms with Crippen LogP contribution in [0.1, 0.15) is 60.9 Å². The molecule has 1 aliphatic carbocycles. The maximum atomic E-state index is 3.75. The van der Waals surface area contributed by atoms with Gasteiger partial charge >= 0.3 is 21.7 Å². The number of halogens is 3. The Labute approximate surface area is 202 Å². The predicted octanol–water partition coefficient (Wildman–Crippen LogP) is -3.06. The van der Waals surface area contributed by atoms with Crippen molar-refractivity contribution in [1.29, 1.82) is 0 Å². The molecule has 0 nitrogen and oxygen atoms in total. The number of unbranched alkanes of at least 4 members (excludes halogenated alkanes) is 1. The first-order valence-corrected chi connectivity index (χ1v) is 11.8. The van der Waals surface area contributed by atoms with Crippen molar-refractivity contribution in [2.24, 2.45) is 0 Å². The van der Waals surface area contributed by atoms with Crippen LogP contribution in [0.3, 0.4) is 0 Å². The first kappa shape index (κ1) is 32.2. The van der Waals surface area contributed by atoms with Gasteiger partial charge in [-0.1, -0.05) is 37.5 Å². The number of hydrogen-bond donors (Lipinski definition) is 0. The minimum atomic E-state index is -1.71. The zero-order valence-electron chi connectivity index (χ0n) is 18.0. The molecule has 0 saturated carbocycles. The molecular formula is C22H33Cl3SiTi. The first-order valence-electron chi connectivity index (χ1n) is 9.11. The molecule has 150 valence electrons. The quantitative estimate of drug-likeness (QED) is 0.311. The number of rotatable bonds is 5. The summed E-state index contributed by atoms with van der Waals surface area (Å²) < 4.78 is 0. The molecule has 0 radical (unpaired) electrons. The van der Waals surface area contributed by atoms with E-state index in [1.54, 1.807) is 21.5 Å². The van der Waals surface area contributed by atoms with E-state index in [-0.39, 0.29) is 58.9 Å². The number of hydrogen-bond acceptors (Lipinski definition) is 0. The van der Waals surface area contributed by atoms with Crippen molar-refractivity contribution in [3.63, 3.8) is 0 Å². The Hall–Kier alpha value is 0.501. The summed E-state index contributed by atoms with van der Waals surface area (Å²) in [5.41, 5.74) is 9.06. The van der Waals surface area contributed by atoms with Crippen LogP contribution in [-0.2, 0) is 21.7 Å². The van der Waals surface area contributed by atoms with E-state index in [9.17, 15) is 0 Å². The van der Waals surface area contributed by atoms with Crippen molar-refractivity contribution in [3.05, 3.63) is 50.7 Å². The molecule has 1 unspecified atom stereocenters. The minimum Gasteiger partial charge on any atom is -1.00 e. The van der Waals surface area contributed by atoms with E-state index in [1.807, 2.05) is 0 Å². The van der Waals surface area contributed by atoms with E-state index >= 15 is 0 Å². The number of allylic oxidation sites excluding steroid dienone is 4. The van der Waals surface area contributed by atoms with Crippen molar-refractivity contribution >= 4 is 13.3 Å². The van der Waals surface area contributed by atoms with Crippen LogP contribution in [0.4, 0.5) is 0 Å². The summed E-state index contributed by atoms with van der Waals surface area (Å²) in [6.07, 6.45) is 9.73. The molecule has 0 aromatic heterocycles. The summed E-state index contributed by atoms with van der Waals surface area (Å²) >= 11 is 0. The molecule has 0 aliphatic heterocycles. The van der Waals surface area contributed by atoms with Crippen LogP contribution < -0.4 is 42.4 Å². The normalized spacial score (nSPS) is 14.5. The van der Waals surface area contributed by atoms with Gasteiger partial charge < -0.3 is 37.2 Å². The third-order valence-corrected chi connectivity index (χ3v) is 11.1. The summed E-state index contributed by atoms with van der Waals surface area (Å²) in [5.74, 6) is 0. The second-order valence-electron chi connectivity index (χ2n) is 7.58. The van der Waals surface area contributed by atoms with Crippen molar-refractivity contribution < 1.29 is 58.9 Å². The van der Waals surface area contributed by atoms with Crippen molar-refractivity contribution in [2.75, 3.05) is 0 Å². The van der Waals surface area contributed by atoms with Crippen LogP contribution in [0, 0.1) is 40.7 Å². The monoisotopic (exact) mass is 478 g/mol. The molecule has 0 bridgehead atoms. The summed E-state index contributed by atoms with van der Waals surface area (Å²) in [6, 6.07) is 1.35. The summed E-state index contributed by atoms with van der Waals surface area (Å²) in [6.45, 7) is 18.8. The molecule has 0 fully saturated rings. The first-order chi connectivity index (χ1) is 10.8. The smallest absolute Gasteiger partial charge is 1.00 e. The van der Waals surface area contributed by atoms with Crippen molar-refractivity contribution in [3.8, 4) is 0 Å². The molecule has 2 rings (SSSR count). The molecule has 5 heteroatoms. The fraction of sp³-hybridized carbons (Fsp3) is 0.545. The molecular weight excluding hydrogens is 447 g/mol. The Bertz CT molecular complexity index is 666. The fourth-order valence-electron chi connectivity index (χ4n) is 4.41. The standard InChI is InChI=1S/C22H33Si.3ClH.Ti/c1-9-10-14-23(8,21-13-11-12-15(21)2)22-19(6)17(4)16(3)18(5)20(22)7;;;;/h12H,9-11,14H2,1-8H3;3*1H;/q-1;;;;+4/p-3. The maximum absolute atomic E-state index is 3.75. The summed E-state index contributed by atoms with van der Waals surface area (Å²) in [5, 5.41) is 3.28. The second kappa shape index (κ2) is 12.9. The molecule has 0 amide bonds. The van der Waals surface area contributed by atoms with E-state index in [0.717, 1.165) is 6.42 Å². The molecule has 1 aromatic rings. The Morgan fingerprint density at radius 1 is 0.852 bits per heavy atom. The Kier molecular flexibility index (Phi) is 15.4. The largest absolute Gasteiger partial charge is 4.00 e. The van der Waals surface area contributed by atoms with Gasteiger partial charge in [0.05, 0.1) is 8.07 Å². The topological polar surface area (TPSA) is 0 Å². The van der Waals surface area contributed by atoms with Gasteiger partial charge in [-0.3, -0.25) is 6.08 Å². The third-order valence-electron chi connectivity index (χ3n) is 6.22. The van der Waals surface area contributed by atoms with Crippen LogP contribution in [0.5, 0.6) is 0 Å². The minimum absolute atomic E-state index is 0. The summed E-state index contributed by atoms with van der Waals surface area (Å²) in [7, 11) is -1.71. The molecule has 27 heavy (non-hydrogen) atoms. The Balaban J connectivity index is -0.00000144. The van der Waals surface area contributed by atoms with Gasteiger partial charge in [0.15, 0.2) is 0 Å². The van der Waals surface area contributed by atoms with Crippen LogP contribution in [0.2, 0.25) is 12.6 Å². The molecule has 0 N–H and O–H groups in total. The molecule has 1 aliphatic rings. The van der Waals surface area contributed by atoms with Gasteiger partial charge in [-0.15, -0.1) is 13.3 Å². The molecule has 1 aromatic carbocycles. The van der Waals surface area contributed by atoms with E-state index in [2.05, 4.69) is 67.2 Å². The van der Waals surface area contributed by atoms with E-state index < -0.39 is 8.07 Å². The average molecular weight is 480 g/mol. The zero-order valence-corrected chi connectivity index (χ0v) is 22.9. The Morgan fingerprint density at radius 2 is 1.30 bits per heavy atom. The van der Waals surface area contributed by atoms with Gasteiger partial charge in [0.25, 0.3) is 0 Å². The van der Waals surface area contributed by atoms with Crippen molar-refractivity contribution in [2.45, 2.75) is 80.3 Å². The molecule has 0 spiro atoms. The average Bonchev–Trinajstić information content (AvgIpc) is 2.96. The Morgan fingerprint density at radius 3 is 1.67 bits per heavy atom. The SMILES string of the molecule is CCCC[Si](C)(C1=[C-]CC=C1C)c1c(C)c(C)c(C)c(C)c1C.[Cl-].[Cl-].[Cl-].[Ti+4]. The van der Waals surface area contributed by atoms with Gasteiger partial charge in [-0.2, -0.15) is 6.08 Å². The fourth-order valence-corrected chi connectivity index (χ4v) is 9.72. The zero-order chi connectivity index (χ0) is 17.4. The van der Waals surface area contributed by atoms with Crippen LogP contribution in [-0.4, -0.2) is 8.07 Å². The number of benzene rings is 1. The van der Waals surface area contributed by atoms with Crippen LogP contribution >= 0.6 is 0 Å². The van der Waals surface area contributed by atoms with E-state index in [0.29, 0.717) is 0 Å². The van der Waals surface area contributed by atoms with E-state index in [1.165, 1.54) is 41.1 Å². The van der Waals surface area contributed by atoms with E-state index in [4.69, 9.17) is 0 Å². The predicted molar refractivity (Wildman–Crippen MR) is 106 cm³/mol. The van der Waals surface area contributed by atoms with Gasteiger partial charge in [0.1, 0.15) is 0 Å². The van der Waals surface area contributed by atoms with Crippen LogP contribution in [0.25, 0.3) is 0 Å². The van der Waals surface area contributed by atoms with Gasteiger partial charge in [0, 0.05) is 0 Å². The molecule has 0 saturated heterocycles. The van der Waals surface area contributed by atoms with Gasteiger partial charge in [-0.05, 0) is 62.4 Å². The van der Waals surface area contributed by atoms with Gasteiger partial charge in [0.2, 0.25) is 0 Å². The molecule has 1 atom stereocenters. The van der Waals surface area contributed by atoms with Crippen LogP contribution in [0.15, 0.2) is 16.8 Å². The maximum Gasteiger partial charge on any atom is 4.00 e. The molecule has 0 heterocycles. The van der Waals surface area contributed by atoms with Crippen molar-refractivity contribution in [1.82, 2.24) is 0 Å². The third kappa shape index (κ3) is 6.00. The van der Waals surface area contributed by atoms with Gasteiger partial charge in [-0.25, -0.2) is 10.8 Å².